The lowest BCUT2D eigenvalue weighted by Gasteiger charge is -2.35. The maximum atomic E-state index is 16.9. The maximum Gasteiger partial charge on any atom is 0.319 e. The number of nitrogens with zero attached hydrogens (tertiary/aromatic N) is 7. The highest BCUT2D eigenvalue weighted by molar-refractivity contribution is 7.23. The quantitative estimate of drug-likeness (QED) is 0.211. The van der Waals surface area contributed by atoms with E-state index in [9.17, 15) is 18.8 Å². The molecule has 3 aromatic heterocycles. The predicted octanol–water partition coefficient (Wildman–Crippen LogP) is 5.99. The van der Waals surface area contributed by atoms with Crippen LogP contribution in [0.4, 0.5) is 24.0 Å². The summed E-state index contributed by atoms with van der Waals surface area (Å²) in [6, 6.07) is 4.25. The molecule has 2 N–H and O–H groups in total. The van der Waals surface area contributed by atoms with Crippen molar-refractivity contribution in [2.75, 3.05) is 43.4 Å². The lowest BCUT2D eigenvalue weighted by Crippen LogP contribution is -2.47. The first-order valence-electron chi connectivity index (χ1n) is 16.6. The van der Waals surface area contributed by atoms with E-state index in [-0.39, 0.29) is 68.0 Å². The monoisotopic (exact) mass is 690 g/mol. The lowest BCUT2D eigenvalue weighted by molar-refractivity contribution is -0.126. The van der Waals surface area contributed by atoms with Crippen molar-refractivity contribution in [2.45, 2.75) is 69.7 Å². The molecule has 256 valence electrons. The molecule has 7 rings (SSSR count). The smallest absolute Gasteiger partial charge is 0.319 e. The summed E-state index contributed by atoms with van der Waals surface area (Å²) in [5, 5.41) is 10.5. The average molecular weight is 691 g/mol. The first-order valence-corrected chi connectivity index (χ1v) is 17.4. The Morgan fingerprint density at radius 2 is 2.12 bits per heavy atom. The number of nitrogen functional groups attached to an aromatic ring is 1. The van der Waals surface area contributed by atoms with Crippen LogP contribution >= 0.6 is 11.3 Å². The number of halogens is 3. The van der Waals surface area contributed by atoms with Gasteiger partial charge in [0.1, 0.15) is 46.7 Å². The van der Waals surface area contributed by atoms with Crippen LogP contribution in [0.3, 0.4) is 0 Å². The van der Waals surface area contributed by atoms with Gasteiger partial charge in [-0.3, -0.25) is 14.7 Å². The van der Waals surface area contributed by atoms with Gasteiger partial charge in [-0.2, -0.15) is 15.2 Å². The number of likely N-dealkylation sites (N-methyl/N-ethyl adjacent to an activating group) is 1. The Kier molecular flexibility index (Phi) is 8.60. The molecule has 0 radical (unpaired) electrons. The van der Waals surface area contributed by atoms with E-state index in [1.807, 2.05) is 24.8 Å². The van der Waals surface area contributed by atoms with Gasteiger partial charge < -0.3 is 20.3 Å². The molecule has 4 aromatic rings. The van der Waals surface area contributed by atoms with E-state index in [2.05, 4.69) is 21.4 Å². The molecule has 3 saturated heterocycles. The highest BCUT2D eigenvalue weighted by Crippen LogP contribution is 2.44. The Hall–Kier alpha value is -4.48. The molecule has 6 heterocycles. The molecule has 14 heteroatoms. The highest BCUT2D eigenvalue weighted by Gasteiger charge is 2.49. The number of nitriles is 1. The minimum absolute atomic E-state index is 0.0499. The summed E-state index contributed by atoms with van der Waals surface area (Å²) in [7, 11) is 0. The van der Waals surface area contributed by atoms with Crippen LogP contribution in [-0.2, 0) is 4.79 Å². The Bertz CT molecular complexity index is 2020. The number of hydrogen-bond acceptors (Lipinski definition) is 10. The van der Waals surface area contributed by atoms with Gasteiger partial charge >= 0.3 is 6.01 Å². The second kappa shape index (κ2) is 12.8. The SMILES string of the molecule is C=CC(=O)N1CC[C@@H](N(CC)c2nc(OC[C@@]34CCCN3C[C@H](F)C4)nc3c(F)c(-c4ccc(F)c5sc(N)c(C#N)c45)ncc23)[C@H]1CC. The summed E-state index contributed by atoms with van der Waals surface area (Å²) < 4.78 is 52.8. The number of pyridine rings is 1. The highest BCUT2D eigenvalue weighted by atomic mass is 32.1. The first-order chi connectivity index (χ1) is 23.6. The van der Waals surface area contributed by atoms with Gasteiger partial charge in [0.2, 0.25) is 5.91 Å². The van der Waals surface area contributed by atoms with Crippen LogP contribution < -0.4 is 15.4 Å². The van der Waals surface area contributed by atoms with Gasteiger partial charge in [0.05, 0.1) is 33.3 Å². The van der Waals surface area contributed by atoms with Crippen LogP contribution in [-0.4, -0.2) is 87.2 Å². The number of benzene rings is 1. The molecule has 10 nitrogen and oxygen atoms in total. The molecule has 0 saturated carbocycles. The molecule has 1 amide bonds. The molecule has 0 aliphatic carbocycles. The molecule has 3 aliphatic rings. The fraction of sp³-hybridized carbons (Fsp3) is 0.457. The number of hydrogen-bond donors (Lipinski definition) is 1. The van der Waals surface area contributed by atoms with Crippen LogP contribution in [0.2, 0.25) is 0 Å². The van der Waals surface area contributed by atoms with Gasteiger partial charge in [-0.05, 0) is 57.4 Å². The molecule has 0 bridgehead atoms. The van der Waals surface area contributed by atoms with Crippen molar-refractivity contribution in [1.29, 1.82) is 5.26 Å². The Balaban J connectivity index is 1.38. The van der Waals surface area contributed by atoms with Crippen LogP contribution in [0.15, 0.2) is 31.0 Å². The number of amides is 1. The van der Waals surface area contributed by atoms with Crippen molar-refractivity contribution < 1.29 is 22.7 Å². The second-order valence-electron chi connectivity index (χ2n) is 13.0. The van der Waals surface area contributed by atoms with E-state index in [1.54, 1.807) is 4.90 Å². The molecule has 0 spiro atoms. The fourth-order valence-corrected chi connectivity index (χ4v) is 9.21. The van der Waals surface area contributed by atoms with Crippen molar-refractivity contribution in [3.05, 3.63) is 48.2 Å². The number of nitrogens with two attached hydrogens (primary N) is 1. The van der Waals surface area contributed by atoms with Gasteiger partial charge in [-0.25, -0.2) is 13.2 Å². The largest absolute Gasteiger partial charge is 0.461 e. The van der Waals surface area contributed by atoms with E-state index < -0.39 is 23.3 Å². The molecule has 0 unspecified atom stereocenters. The minimum atomic E-state index is -0.954. The Labute approximate surface area is 286 Å². The van der Waals surface area contributed by atoms with Crippen molar-refractivity contribution in [1.82, 2.24) is 24.8 Å². The van der Waals surface area contributed by atoms with Crippen LogP contribution in [0.5, 0.6) is 6.01 Å². The zero-order valence-electron chi connectivity index (χ0n) is 27.4. The molecule has 3 fully saturated rings. The number of fused-ring (bicyclic) bond motifs is 3. The van der Waals surface area contributed by atoms with Gasteiger partial charge in [0.15, 0.2) is 5.82 Å². The van der Waals surface area contributed by atoms with Crippen molar-refractivity contribution in [3.8, 4) is 23.3 Å². The summed E-state index contributed by atoms with van der Waals surface area (Å²) >= 11 is 0.919. The minimum Gasteiger partial charge on any atom is -0.461 e. The van der Waals surface area contributed by atoms with Gasteiger partial charge in [-0.15, -0.1) is 11.3 Å². The normalized spacial score (nSPS) is 23.7. The van der Waals surface area contributed by atoms with E-state index >= 15 is 4.39 Å². The number of ether oxygens (including phenoxy) is 1. The summed E-state index contributed by atoms with van der Waals surface area (Å²) in [4.78, 5) is 32.6. The number of likely N-dealkylation sites (tertiary alicyclic amines) is 1. The standard InChI is InChI=1S/C35H37F3N8O2S/c1-4-24-25(10-13-46(24)26(47)5-2)45(6-3)33-22-16-41-29(20-8-9-23(37)31-27(20)21(15-39)32(40)49-31)28(38)30(22)42-34(43-33)48-18-35-11-7-12-44(35)17-19(36)14-35/h5,8-9,16,19,24-25H,2,4,6-7,10-14,17-18,40H2,1,3H3/t19-,24-,25-,35+/m1/s1. The molecular weight excluding hydrogens is 653 g/mol. The van der Waals surface area contributed by atoms with Gasteiger partial charge in [-0.1, -0.05) is 13.5 Å². The molecule has 49 heavy (non-hydrogen) atoms. The van der Waals surface area contributed by atoms with Crippen LogP contribution in [0, 0.1) is 23.0 Å². The third-order valence-electron chi connectivity index (χ3n) is 10.5. The first kappa shape index (κ1) is 33.0. The number of carbonyl (C=O) groups excluding carboxylic acids is 1. The zero-order chi connectivity index (χ0) is 34.6. The summed E-state index contributed by atoms with van der Waals surface area (Å²) in [6.07, 6.45) is 5.22. The Morgan fingerprint density at radius 3 is 2.86 bits per heavy atom. The topological polar surface area (TPSA) is 125 Å². The summed E-state index contributed by atoms with van der Waals surface area (Å²) in [5.74, 6) is -1.13. The van der Waals surface area contributed by atoms with Gasteiger partial charge in [0, 0.05) is 43.2 Å². The molecule has 3 aliphatic heterocycles. The number of aromatic nitrogens is 3. The van der Waals surface area contributed by atoms with E-state index in [0.717, 1.165) is 30.7 Å². The molecule has 4 atom stereocenters. The number of carbonyl (C=O) groups is 1. The number of thiophene rings is 1. The molecular formula is C35H37F3N8O2S. The number of rotatable bonds is 9. The fourth-order valence-electron chi connectivity index (χ4n) is 8.26. The van der Waals surface area contributed by atoms with E-state index in [0.29, 0.717) is 50.1 Å². The van der Waals surface area contributed by atoms with E-state index in [1.165, 1.54) is 24.4 Å². The van der Waals surface area contributed by atoms with E-state index in [4.69, 9.17) is 15.5 Å². The summed E-state index contributed by atoms with van der Waals surface area (Å²) in [5.41, 5.74) is 5.64. The number of alkyl halides is 1. The maximum absolute atomic E-state index is 16.9. The molecule has 1 aromatic carbocycles. The van der Waals surface area contributed by atoms with Crippen LogP contribution in [0.25, 0.3) is 32.2 Å². The zero-order valence-corrected chi connectivity index (χ0v) is 28.2. The third kappa shape index (κ3) is 5.34. The Morgan fingerprint density at radius 1 is 1.31 bits per heavy atom. The van der Waals surface area contributed by atoms with Crippen molar-refractivity contribution in [3.63, 3.8) is 0 Å². The van der Waals surface area contributed by atoms with Crippen LogP contribution in [0.1, 0.15) is 51.5 Å². The third-order valence-corrected chi connectivity index (χ3v) is 11.5. The second-order valence-corrected chi connectivity index (χ2v) is 14.0. The van der Waals surface area contributed by atoms with Crippen molar-refractivity contribution >= 4 is 49.1 Å². The van der Waals surface area contributed by atoms with Gasteiger partial charge in [0.25, 0.3) is 0 Å². The predicted molar refractivity (Wildman–Crippen MR) is 183 cm³/mol. The average Bonchev–Trinajstić information content (AvgIpc) is 3.85. The summed E-state index contributed by atoms with van der Waals surface area (Å²) in [6.45, 7) is 9.94. The number of anilines is 2. The van der Waals surface area contributed by atoms with Crippen molar-refractivity contribution in [2.24, 2.45) is 0 Å². The lowest BCUT2D eigenvalue weighted by atomic mass is 9.95.